The van der Waals surface area contributed by atoms with Crippen molar-refractivity contribution in [2.24, 2.45) is 5.73 Å². The molecule has 1 fully saturated rings. The molecule has 2 N–H and O–H groups in total. The van der Waals surface area contributed by atoms with E-state index >= 15 is 0 Å². The monoisotopic (exact) mass is 280 g/mol. The van der Waals surface area contributed by atoms with E-state index in [9.17, 15) is 4.39 Å². The minimum Gasteiger partial charge on any atom is -0.398 e. The van der Waals surface area contributed by atoms with E-state index in [1.54, 1.807) is 0 Å². The van der Waals surface area contributed by atoms with Gasteiger partial charge in [-0.1, -0.05) is 0 Å². The summed E-state index contributed by atoms with van der Waals surface area (Å²) < 4.78 is 25.7. The molecule has 1 aromatic rings. The number of nitrogens with two attached hydrogens (primary N) is 1. The molecule has 2 heterocycles. The molecule has 0 spiro atoms. The summed E-state index contributed by atoms with van der Waals surface area (Å²) in [6.07, 6.45) is 1.97. The highest BCUT2D eigenvalue weighted by molar-refractivity contribution is 6.61. The van der Waals surface area contributed by atoms with Gasteiger partial charge in [-0.25, -0.2) is 4.39 Å². The van der Waals surface area contributed by atoms with Crippen molar-refractivity contribution in [2.45, 2.75) is 58.3 Å². The Morgan fingerprint density at radius 3 is 2.30 bits per heavy atom. The largest absolute Gasteiger partial charge is 0.514 e. The van der Waals surface area contributed by atoms with E-state index in [4.69, 9.17) is 15.0 Å². The Bertz CT molecular complexity index is 490. The van der Waals surface area contributed by atoms with Crippen molar-refractivity contribution >= 4 is 12.7 Å². The zero-order valence-electron chi connectivity index (χ0n) is 12.7. The van der Waals surface area contributed by atoms with Crippen LogP contribution in [0.3, 0.4) is 0 Å². The average molecular weight is 280 g/mol. The van der Waals surface area contributed by atoms with Crippen molar-refractivity contribution in [1.82, 2.24) is 4.98 Å². The normalized spacial score (nSPS) is 22.1. The van der Waals surface area contributed by atoms with Crippen molar-refractivity contribution in [3.05, 3.63) is 23.6 Å². The quantitative estimate of drug-likeness (QED) is 0.850. The fourth-order valence-electron chi connectivity index (χ4n) is 2.06. The van der Waals surface area contributed by atoms with Gasteiger partial charge >= 0.3 is 7.12 Å². The number of halogens is 1. The van der Waals surface area contributed by atoms with Gasteiger partial charge in [-0.2, -0.15) is 0 Å². The predicted molar refractivity (Wildman–Crippen MR) is 77.3 cm³/mol. The second kappa shape index (κ2) is 5.09. The molecule has 0 bridgehead atoms. The highest BCUT2D eigenvalue weighted by Gasteiger charge is 2.52. The third kappa shape index (κ3) is 2.87. The summed E-state index contributed by atoms with van der Waals surface area (Å²) in [5.74, 6) is -0.318. The fraction of sp³-hybridized carbons (Fsp3) is 0.643. The summed E-state index contributed by atoms with van der Waals surface area (Å²) in [5.41, 5.74) is 5.73. The van der Waals surface area contributed by atoms with Gasteiger partial charge in [-0.3, -0.25) is 4.98 Å². The van der Waals surface area contributed by atoms with Crippen LogP contribution in [-0.4, -0.2) is 29.3 Å². The fourth-order valence-corrected chi connectivity index (χ4v) is 2.06. The molecule has 1 unspecified atom stereocenters. The molecule has 0 amide bonds. The van der Waals surface area contributed by atoms with Crippen LogP contribution in [0.5, 0.6) is 0 Å². The molecule has 6 heteroatoms. The molecule has 110 valence electrons. The Labute approximate surface area is 120 Å². The molecule has 1 atom stereocenters. The van der Waals surface area contributed by atoms with Gasteiger partial charge in [0.15, 0.2) is 0 Å². The number of hydrogen-bond acceptors (Lipinski definition) is 4. The Morgan fingerprint density at radius 2 is 1.85 bits per heavy atom. The summed E-state index contributed by atoms with van der Waals surface area (Å²) in [5, 5.41) is 0. The molecule has 2 rings (SSSR count). The minimum atomic E-state index is -0.640. The van der Waals surface area contributed by atoms with Crippen LogP contribution in [0.15, 0.2) is 12.3 Å². The predicted octanol–water partition coefficient (Wildman–Crippen LogP) is 1.41. The lowest BCUT2D eigenvalue weighted by Crippen LogP contribution is -2.41. The van der Waals surface area contributed by atoms with Crippen LogP contribution in [0.2, 0.25) is 0 Å². The van der Waals surface area contributed by atoms with E-state index in [-0.39, 0.29) is 11.9 Å². The summed E-state index contributed by atoms with van der Waals surface area (Å²) in [4.78, 5) is 4.26. The molecular weight excluding hydrogens is 258 g/mol. The van der Waals surface area contributed by atoms with E-state index in [2.05, 4.69) is 4.98 Å². The topological polar surface area (TPSA) is 57.4 Å². The third-order valence-corrected chi connectivity index (χ3v) is 3.99. The van der Waals surface area contributed by atoms with Gasteiger partial charge < -0.3 is 15.0 Å². The maximum absolute atomic E-state index is 14.0. The van der Waals surface area contributed by atoms with Crippen LogP contribution < -0.4 is 11.3 Å². The molecule has 1 saturated heterocycles. The lowest BCUT2D eigenvalue weighted by atomic mass is 9.83. The zero-order valence-corrected chi connectivity index (χ0v) is 12.7. The van der Waals surface area contributed by atoms with E-state index in [0.29, 0.717) is 17.6 Å². The molecule has 1 aromatic heterocycles. The van der Waals surface area contributed by atoms with Crippen molar-refractivity contribution in [2.75, 3.05) is 0 Å². The highest BCUT2D eigenvalue weighted by Crippen LogP contribution is 2.36. The second-order valence-electron chi connectivity index (χ2n) is 6.47. The van der Waals surface area contributed by atoms with Crippen LogP contribution in [0.4, 0.5) is 4.39 Å². The molecule has 0 aromatic carbocycles. The summed E-state index contributed by atoms with van der Waals surface area (Å²) in [6, 6.07) is 1.27. The first-order chi connectivity index (χ1) is 9.12. The van der Waals surface area contributed by atoms with Gasteiger partial charge in [-0.05, 0) is 47.1 Å². The maximum atomic E-state index is 14.0. The van der Waals surface area contributed by atoms with E-state index < -0.39 is 18.3 Å². The number of pyridine rings is 1. The Balaban J connectivity index is 2.22. The minimum absolute atomic E-state index is 0.103. The van der Waals surface area contributed by atoms with Crippen molar-refractivity contribution in [3.8, 4) is 0 Å². The average Bonchev–Trinajstić information content (AvgIpc) is 2.50. The van der Waals surface area contributed by atoms with Gasteiger partial charge in [0.2, 0.25) is 0 Å². The Hall–Kier alpha value is -0.975. The Morgan fingerprint density at radius 1 is 1.30 bits per heavy atom. The molecule has 0 saturated carbocycles. The van der Waals surface area contributed by atoms with Gasteiger partial charge in [0.05, 0.1) is 16.8 Å². The number of hydrogen-bond donors (Lipinski definition) is 1. The van der Waals surface area contributed by atoms with E-state index in [1.807, 2.05) is 34.6 Å². The molecule has 0 aliphatic carbocycles. The first-order valence-electron chi connectivity index (χ1n) is 6.88. The van der Waals surface area contributed by atoms with E-state index in [0.717, 1.165) is 0 Å². The number of rotatable bonds is 3. The number of nitrogens with zero attached hydrogens (tertiary/aromatic N) is 1. The second-order valence-corrected chi connectivity index (χ2v) is 6.47. The molecule has 4 nitrogen and oxygen atoms in total. The molecule has 1 aliphatic heterocycles. The first kappa shape index (κ1) is 15.4. The van der Waals surface area contributed by atoms with Crippen LogP contribution in [0, 0.1) is 5.82 Å². The lowest BCUT2D eigenvalue weighted by molar-refractivity contribution is 0.00578. The summed E-state index contributed by atoms with van der Waals surface area (Å²) in [6.45, 7) is 9.64. The smallest absolute Gasteiger partial charge is 0.398 e. The standard InChI is InChI=1S/C14H22BFN2O2/c1-9(17)6-10-8-18-12(7-11(10)16)15-19-13(2,3)14(4,5)20-15/h7-9H,6,17H2,1-5H3. The van der Waals surface area contributed by atoms with Crippen LogP contribution in [-0.2, 0) is 15.7 Å². The lowest BCUT2D eigenvalue weighted by Gasteiger charge is -2.32. The van der Waals surface area contributed by atoms with Crippen molar-refractivity contribution in [1.29, 1.82) is 0 Å². The molecule has 0 radical (unpaired) electrons. The van der Waals surface area contributed by atoms with Crippen molar-refractivity contribution < 1.29 is 13.7 Å². The van der Waals surface area contributed by atoms with Crippen LogP contribution >= 0.6 is 0 Å². The van der Waals surface area contributed by atoms with E-state index in [1.165, 1.54) is 12.3 Å². The maximum Gasteiger partial charge on any atom is 0.514 e. The summed E-state index contributed by atoms with van der Waals surface area (Å²) >= 11 is 0. The first-order valence-corrected chi connectivity index (χ1v) is 6.88. The molecule has 20 heavy (non-hydrogen) atoms. The van der Waals surface area contributed by atoms with Gasteiger partial charge in [-0.15, -0.1) is 0 Å². The zero-order chi connectivity index (χ0) is 15.1. The Kier molecular flexibility index (Phi) is 3.93. The van der Waals surface area contributed by atoms with Gasteiger partial charge in [0.1, 0.15) is 5.82 Å². The highest BCUT2D eigenvalue weighted by atomic mass is 19.1. The SMILES string of the molecule is CC(N)Cc1cnc(B2OC(C)(C)C(C)(C)O2)cc1F. The molecule has 1 aliphatic rings. The number of aromatic nitrogens is 1. The third-order valence-electron chi connectivity index (χ3n) is 3.99. The van der Waals surface area contributed by atoms with Crippen molar-refractivity contribution in [3.63, 3.8) is 0 Å². The summed E-state index contributed by atoms with van der Waals surface area (Å²) in [7, 11) is -0.640. The van der Waals surface area contributed by atoms with Crippen LogP contribution in [0.1, 0.15) is 40.2 Å². The van der Waals surface area contributed by atoms with Crippen LogP contribution in [0.25, 0.3) is 0 Å². The van der Waals surface area contributed by atoms with Gasteiger partial charge in [0, 0.05) is 17.8 Å². The van der Waals surface area contributed by atoms with Gasteiger partial charge in [0.25, 0.3) is 0 Å². The molecular formula is C14H22BFN2O2.